The Morgan fingerprint density at radius 1 is 1.32 bits per heavy atom. The number of nitrogens with one attached hydrogen (secondary N) is 2. The molecule has 0 amide bonds. The summed E-state index contributed by atoms with van der Waals surface area (Å²) in [5, 5.41) is 0. The van der Waals surface area contributed by atoms with E-state index in [0.717, 1.165) is 23.0 Å². The molecule has 5 heteroatoms. The Labute approximate surface area is 125 Å². The van der Waals surface area contributed by atoms with E-state index in [1.807, 2.05) is 18.2 Å². The fourth-order valence-electron chi connectivity index (χ4n) is 1.71. The van der Waals surface area contributed by atoms with Crippen LogP contribution in [0.1, 0.15) is 25.8 Å². The Hall–Kier alpha value is -0.620. The maximum absolute atomic E-state index is 6.01. The van der Waals surface area contributed by atoms with Gasteiger partial charge in [0.1, 0.15) is 4.32 Å². The van der Waals surface area contributed by atoms with Crippen LogP contribution in [0.25, 0.3) is 0 Å². The molecule has 0 saturated heterocycles. The van der Waals surface area contributed by atoms with E-state index in [-0.39, 0.29) is 6.04 Å². The first-order valence-corrected chi connectivity index (χ1v) is 7.92. The first-order valence-electron chi connectivity index (χ1n) is 6.53. The maximum atomic E-state index is 6.01. The summed E-state index contributed by atoms with van der Waals surface area (Å²) in [6.45, 7) is 5.12. The number of benzene rings is 1. The molecule has 0 aliphatic heterocycles. The molecule has 0 unspecified atom stereocenters. The number of rotatable bonds is 7. The highest BCUT2D eigenvalue weighted by molar-refractivity contribution is 8.22. The van der Waals surface area contributed by atoms with Gasteiger partial charge in [-0.25, -0.2) is 5.43 Å². The van der Waals surface area contributed by atoms with Crippen molar-refractivity contribution >= 4 is 28.3 Å². The highest BCUT2D eigenvalue weighted by Gasteiger charge is 2.07. The van der Waals surface area contributed by atoms with Crippen molar-refractivity contribution in [3.8, 4) is 0 Å². The molecule has 3 nitrogen and oxygen atoms in total. The van der Waals surface area contributed by atoms with Gasteiger partial charge in [-0.15, -0.1) is 0 Å². The van der Waals surface area contributed by atoms with Crippen molar-refractivity contribution in [1.29, 1.82) is 0 Å². The lowest BCUT2D eigenvalue weighted by atomic mass is 10.1. The average Bonchev–Trinajstić information content (AvgIpc) is 2.37. The number of hydrogen-bond donors (Lipinski definition) is 3. The summed E-state index contributed by atoms with van der Waals surface area (Å²) in [5.41, 5.74) is 13.4. The summed E-state index contributed by atoms with van der Waals surface area (Å²) in [6.07, 6.45) is 1.03. The Morgan fingerprint density at radius 2 is 2.00 bits per heavy atom. The first-order chi connectivity index (χ1) is 9.08. The van der Waals surface area contributed by atoms with Crippen LogP contribution < -0.4 is 16.6 Å². The predicted molar refractivity (Wildman–Crippen MR) is 88.9 cm³/mol. The third-order valence-electron chi connectivity index (χ3n) is 2.53. The largest absolute Gasteiger partial charge is 0.327 e. The molecule has 1 aromatic rings. The van der Waals surface area contributed by atoms with Crippen LogP contribution in [0.5, 0.6) is 0 Å². The number of thiocarbonyl (C=S) groups is 1. The highest BCUT2D eigenvalue weighted by Crippen LogP contribution is 2.09. The predicted octanol–water partition coefficient (Wildman–Crippen LogP) is 2.67. The maximum Gasteiger partial charge on any atom is 0.148 e. The van der Waals surface area contributed by atoms with Crippen LogP contribution in [-0.2, 0) is 6.54 Å². The van der Waals surface area contributed by atoms with Gasteiger partial charge in [0.15, 0.2) is 0 Å². The van der Waals surface area contributed by atoms with Gasteiger partial charge < -0.3 is 11.2 Å². The normalized spacial score (nSPS) is 12.4. The fourth-order valence-corrected chi connectivity index (χ4v) is 2.63. The molecular weight excluding hydrogens is 274 g/mol. The highest BCUT2D eigenvalue weighted by atomic mass is 32.2. The lowest BCUT2D eigenvalue weighted by Gasteiger charge is -2.14. The van der Waals surface area contributed by atoms with Gasteiger partial charge in [0.25, 0.3) is 0 Å². The minimum Gasteiger partial charge on any atom is -0.327 e. The van der Waals surface area contributed by atoms with Gasteiger partial charge >= 0.3 is 0 Å². The average molecular weight is 297 g/mol. The molecule has 0 aromatic heterocycles. The van der Waals surface area contributed by atoms with Gasteiger partial charge in [0.2, 0.25) is 0 Å². The quantitative estimate of drug-likeness (QED) is 0.533. The molecule has 4 N–H and O–H groups in total. The Bertz CT molecular complexity index is 368. The van der Waals surface area contributed by atoms with E-state index in [1.165, 1.54) is 5.56 Å². The summed E-state index contributed by atoms with van der Waals surface area (Å²) >= 11 is 6.83. The van der Waals surface area contributed by atoms with E-state index < -0.39 is 0 Å². The van der Waals surface area contributed by atoms with Gasteiger partial charge in [0.05, 0.1) is 0 Å². The van der Waals surface area contributed by atoms with Gasteiger partial charge in [-0.3, -0.25) is 0 Å². The van der Waals surface area contributed by atoms with Crippen molar-refractivity contribution in [3.63, 3.8) is 0 Å². The second-order valence-corrected chi connectivity index (χ2v) is 6.65. The third-order valence-corrected chi connectivity index (χ3v) is 3.94. The molecule has 0 bridgehead atoms. The Balaban J connectivity index is 2.11. The number of nitrogens with two attached hydrogens (primary N) is 1. The molecule has 0 spiro atoms. The number of thioether (sulfide) groups is 1. The van der Waals surface area contributed by atoms with Crippen molar-refractivity contribution < 1.29 is 0 Å². The van der Waals surface area contributed by atoms with Crippen molar-refractivity contribution in [2.45, 2.75) is 32.9 Å². The molecule has 0 fully saturated rings. The monoisotopic (exact) mass is 297 g/mol. The topological polar surface area (TPSA) is 50.1 Å². The summed E-state index contributed by atoms with van der Waals surface area (Å²) in [6, 6.07) is 10.4. The van der Waals surface area contributed by atoms with E-state index in [0.29, 0.717) is 5.92 Å². The van der Waals surface area contributed by atoms with Crippen molar-refractivity contribution in [3.05, 3.63) is 35.9 Å². The van der Waals surface area contributed by atoms with Gasteiger partial charge in [-0.1, -0.05) is 68.2 Å². The zero-order valence-corrected chi connectivity index (χ0v) is 13.2. The summed E-state index contributed by atoms with van der Waals surface area (Å²) in [7, 11) is 0. The van der Waals surface area contributed by atoms with Crippen LogP contribution in [0, 0.1) is 5.92 Å². The van der Waals surface area contributed by atoms with Gasteiger partial charge in [0, 0.05) is 18.3 Å². The number of hydrazine groups is 1. The van der Waals surface area contributed by atoms with Crippen LogP contribution in [0.2, 0.25) is 0 Å². The van der Waals surface area contributed by atoms with Crippen LogP contribution in [-0.4, -0.2) is 16.1 Å². The molecule has 0 radical (unpaired) electrons. The molecule has 0 heterocycles. The summed E-state index contributed by atoms with van der Waals surface area (Å²) < 4.78 is 0.745. The number of hydrogen-bond acceptors (Lipinski definition) is 4. The standard InChI is InChI=1S/C14H23N3S2/c1-11(2)8-13(15)10-19-14(18)17-16-9-12-6-4-3-5-7-12/h3-7,11,13,16H,8-10,15H2,1-2H3,(H,17,18)/t13-/m1/s1. The zero-order valence-electron chi connectivity index (χ0n) is 11.6. The van der Waals surface area contributed by atoms with Crippen molar-refractivity contribution in [2.75, 3.05) is 5.75 Å². The third kappa shape index (κ3) is 8.21. The summed E-state index contributed by atoms with van der Waals surface area (Å²) in [5.74, 6) is 1.49. The Kier molecular flexibility index (Phi) is 8.05. The second-order valence-electron chi connectivity index (χ2n) is 4.95. The molecular formula is C14H23N3S2. The molecule has 1 aromatic carbocycles. The second kappa shape index (κ2) is 9.31. The minimum absolute atomic E-state index is 0.207. The van der Waals surface area contributed by atoms with E-state index >= 15 is 0 Å². The van der Waals surface area contributed by atoms with Crippen molar-refractivity contribution in [2.24, 2.45) is 11.7 Å². The molecule has 19 heavy (non-hydrogen) atoms. The molecule has 0 aliphatic carbocycles. The van der Waals surface area contributed by atoms with E-state index in [1.54, 1.807) is 11.8 Å². The zero-order chi connectivity index (χ0) is 14.1. The van der Waals surface area contributed by atoms with Crippen LogP contribution in [0.3, 0.4) is 0 Å². The minimum atomic E-state index is 0.207. The molecule has 0 saturated carbocycles. The SMILES string of the molecule is CC(C)C[C@@H](N)CSC(=S)NNCc1ccccc1. The van der Waals surface area contributed by atoms with E-state index in [4.69, 9.17) is 18.0 Å². The smallest absolute Gasteiger partial charge is 0.148 e. The van der Waals surface area contributed by atoms with E-state index in [2.05, 4.69) is 36.8 Å². The fraction of sp³-hybridized carbons (Fsp3) is 0.500. The molecule has 1 rings (SSSR count). The van der Waals surface area contributed by atoms with Crippen LogP contribution >= 0.6 is 24.0 Å². The van der Waals surface area contributed by atoms with Gasteiger partial charge in [-0.05, 0) is 17.9 Å². The Morgan fingerprint density at radius 3 is 2.63 bits per heavy atom. The van der Waals surface area contributed by atoms with Crippen molar-refractivity contribution in [1.82, 2.24) is 10.9 Å². The van der Waals surface area contributed by atoms with E-state index in [9.17, 15) is 0 Å². The lowest BCUT2D eigenvalue weighted by Crippen LogP contribution is -2.35. The van der Waals surface area contributed by atoms with Crippen LogP contribution in [0.4, 0.5) is 0 Å². The molecule has 106 valence electrons. The molecule has 0 aliphatic rings. The lowest BCUT2D eigenvalue weighted by molar-refractivity contribution is 0.525. The molecule has 1 atom stereocenters. The summed E-state index contributed by atoms with van der Waals surface area (Å²) in [4.78, 5) is 0. The van der Waals surface area contributed by atoms with Crippen LogP contribution in [0.15, 0.2) is 30.3 Å². The van der Waals surface area contributed by atoms with Gasteiger partial charge in [-0.2, -0.15) is 0 Å². The first kappa shape index (κ1) is 16.4.